The molecule has 3 aromatic rings. The average molecular weight is 269 g/mol. The van der Waals surface area contributed by atoms with Gasteiger partial charge in [-0.2, -0.15) is 4.98 Å². The molecule has 0 bridgehead atoms. The molecule has 2 aromatic heterocycles. The maximum absolute atomic E-state index is 5.82. The van der Waals surface area contributed by atoms with Gasteiger partial charge in [0.15, 0.2) is 0 Å². The van der Waals surface area contributed by atoms with Crippen LogP contribution in [0.4, 0.5) is 0 Å². The second-order valence-electron chi connectivity index (χ2n) is 4.27. The van der Waals surface area contributed by atoms with Gasteiger partial charge in [-0.3, -0.25) is 4.40 Å². The van der Waals surface area contributed by atoms with Crippen molar-refractivity contribution < 1.29 is 9.47 Å². The summed E-state index contributed by atoms with van der Waals surface area (Å²) in [6, 6.07) is 13.1. The van der Waals surface area contributed by atoms with Crippen LogP contribution >= 0.6 is 0 Å². The average Bonchev–Trinajstić information content (AvgIpc) is 2.85. The largest absolute Gasteiger partial charge is 0.497 e. The predicted octanol–water partition coefficient (Wildman–Crippen LogP) is 2.59. The number of imidazole rings is 1. The number of benzene rings is 1. The Morgan fingerprint density at radius 1 is 1.10 bits per heavy atom. The van der Waals surface area contributed by atoms with E-state index in [0.717, 1.165) is 17.1 Å². The summed E-state index contributed by atoms with van der Waals surface area (Å²) in [6.07, 6.45) is 1.92. The van der Waals surface area contributed by atoms with E-state index in [0.29, 0.717) is 18.2 Å². The van der Waals surface area contributed by atoms with Crippen molar-refractivity contribution in [1.29, 1.82) is 0 Å². The summed E-state index contributed by atoms with van der Waals surface area (Å²) in [5.74, 6) is 2.01. The van der Waals surface area contributed by atoms with Crippen molar-refractivity contribution in [3.8, 4) is 17.4 Å². The Hall–Kier alpha value is -2.53. The SMILES string of the molecule is COc1ccc(Oc2nc3ccccn3c2CN)cc1. The van der Waals surface area contributed by atoms with Crippen LogP contribution in [0.3, 0.4) is 0 Å². The van der Waals surface area contributed by atoms with Gasteiger partial charge in [-0.25, -0.2) is 0 Å². The van der Waals surface area contributed by atoms with Crippen LogP contribution in [0.25, 0.3) is 5.65 Å². The third-order valence-corrected chi connectivity index (χ3v) is 3.06. The van der Waals surface area contributed by atoms with Crippen molar-refractivity contribution in [2.45, 2.75) is 6.54 Å². The minimum Gasteiger partial charge on any atom is -0.497 e. The van der Waals surface area contributed by atoms with E-state index in [1.807, 2.05) is 53.1 Å². The highest BCUT2D eigenvalue weighted by Gasteiger charge is 2.12. The topological polar surface area (TPSA) is 61.8 Å². The quantitative estimate of drug-likeness (QED) is 0.790. The molecule has 0 aliphatic rings. The fourth-order valence-corrected chi connectivity index (χ4v) is 2.05. The standard InChI is InChI=1S/C15H15N3O2/c1-19-11-5-7-12(8-6-11)20-15-13(10-16)18-9-3-2-4-14(18)17-15/h2-9H,10,16H2,1H3. The van der Waals surface area contributed by atoms with Crippen LogP contribution in [0.15, 0.2) is 48.7 Å². The molecule has 2 heterocycles. The van der Waals surface area contributed by atoms with Crippen molar-refractivity contribution in [2.24, 2.45) is 5.73 Å². The first-order valence-electron chi connectivity index (χ1n) is 6.30. The highest BCUT2D eigenvalue weighted by molar-refractivity contribution is 5.47. The van der Waals surface area contributed by atoms with Crippen molar-refractivity contribution >= 4 is 5.65 Å². The minimum absolute atomic E-state index is 0.358. The lowest BCUT2D eigenvalue weighted by molar-refractivity contribution is 0.412. The van der Waals surface area contributed by atoms with E-state index >= 15 is 0 Å². The molecule has 0 amide bonds. The molecule has 0 fully saturated rings. The number of ether oxygens (including phenoxy) is 2. The third-order valence-electron chi connectivity index (χ3n) is 3.06. The highest BCUT2D eigenvalue weighted by Crippen LogP contribution is 2.26. The summed E-state index contributed by atoms with van der Waals surface area (Å²) in [5.41, 5.74) is 7.46. The zero-order valence-electron chi connectivity index (χ0n) is 11.1. The zero-order valence-corrected chi connectivity index (χ0v) is 11.1. The van der Waals surface area contributed by atoms with Gasteiger partial charge in [-0.1, -0.05) is 6.07 Å². The van der Waals surface area contributed by atoms with Gasteiger partial charge in [0, 0.05) is 12.7 Å². The van der Waals surface area contributed by atoms with Gasteiger partial charge < -0.3 is 15.2 Å². The van der Waals surface area contributed by atoms with Crippen LogP contribution in [0.2, 0.25) is 0 Å². The summed E-state index contributed by atoms with van der Waals surface area (Å²) in [5, 5.41) is 0. The summed E-state index contributed by atoms with van der Waals surface area (Å²) in [7, 11) is 1.63. The number of pyridine rings is 1. The summed E-state index contributed by atoms with van der Waals surface area (Å²) < 4.78 is 12.9. The molecule has 20 heavy (non-hydrogen) atoms. The van der Waals surface area contributed by atoms with E-state index in [1.165, 1.54) is 0 Å². The Balaban J connectivity index is 1.96. The maximum atomic E-state index is 5.82. The van der Waals surface area contributed by atoms with Crippen molar-refractivity contribution in [3.05, 3.63) is 54.4 Å². The van der Waals surface area contributed by atoms with Gasteiger partial charge in [0.2, 0.25) is 5.88 Å². The lowest BCUT2D eigenvalue weighted by Gasteiger charge is -2.05. The lowest BCUT2D eigenvalue weighted by atomic mass is 10.3. The number of aromatic nitrogens is 2. The van der Waals surface area contributed by atoms with Gasteiger partial charge in [0.1, 0.15) is 22.8 Å². The Labute approximate surface area is 116 Å². The normalized spacial score (nSPS) is 10.7. The Morgan fingerprint density at radius 3 is 2.55 bits per heavy atom. The first kappa shape index (κ1) is 12.5. The molecule has 3 rings (SSSR count). The van der Waals surface area contributed by atoms with Crippen molar-refractivity contribution in [3.63, 3.8) is 0 Å². The van der Waals surface area contributed by atoms with Gasteiger partial charge in [-0.05, 0) is 36.4 Å². The second-order valence-corrected chi connectivity index (χ2v) is 4.27. The first-order chi connectivity index (χ1) is 9.81. The van der Waals surface area contributed by atoms with E-state index in [2.05, 4.69) is 4.98 Å². The molecule has 5 heteroatoms. The number of rotatable bonds is 4. The summed E-state index contributed by atoms with van der Waals surface area (Å²) in [6.45, 7) is 0.358. The van der Waals surface area contributed by atoms with Gasteiger partial charge in [0.25, 0.3) is 0 Å². The molecule has 102 valence electrons. The van der Waals surface area contributed by atoms with Crippen LogP contribution in [-0.2, 0) is 6.54 Å². The smallest absolute Gasteiger partial charge is 0.242 e. The first-order valence-corrected chi connectivity index (χ1v) is 6.30. The van der Waals surface area contributed by atoms with E-state index in [4.69, 9.17) is 15.2 Å². The molecule has 5 nitrogen and oxygen atoms in total. The monoisotopic (exact) mass is 269 g/mol. The second kappa shape index (κ2) is 5.22. The number of nitrogens with two attached hydrogens (primary N) is 1. The minimum atomic E-state index is 0.358. The number of fused-ring (bicyclic) bond motifs is 1. The number of methoxy groups -OCH3 is 1. The van der Waals surface area contributed by atoms with Crippen LogP contribution in [0.1, 0.15) is 5.69 Å². The molecular weight excluding hydrogens is 254 g/mol. The summed E-state index contributed by atoms with van der Waals surface area (Å²) >= 11 is 0. The molecule has 2 N–H and O–H groups in total. The molecular formula is C15H15N3O2. The zero-order chi connectivity index (χ0) is 13.9. The Bertz CT molecular complexity index is 720. The van der Waals surface area contributed by atoms with Crippen LogP contribution < -0.4 is 15.2 Å². The van der Waals surface area contributed by atoms with Gasteiger partial charge >= 0.3 is 0 Å². The predicted molar refractivity (Wildman–Crippen MR) is 76.2 cm³/mol. The number of hydrogen-bond acceptors (Lipinski definition) is 4. The Kier molecular flexibility index (Phi) is 3.26. The van der Waals surface area contributed by atoms with Crippen LogP contribution in [0, 0.1) is 0 Å². The van der Waals surface area contributed by atoms with E-state index in [-0.39, 0.29) is 0 Å². The number of nitrogens with zero attached hydrogens (tertiary/aromatic N) is 2. The molecule has 0 radical (unpaired) electrons. The van der Waals surface area contributed by atoms with Crippen LogP contribution in [0.5, 0.6) is 17.4 Å². The molecule has 0 saturated carbocycles. The molecule has 0 unspecified atom stereocenters. The lowest BCUT2D eigenvalue weighted by Crippen LogP contribution is -2.02. The van der Waals surface area contributed by atoms with Crippen LogP contribution in [-0.4, -0.2) is 16.5 Å². The van der Waals surface area contributed by atoms with E-state index < -0.39 is 0 Å². The number of hydrogen-bond donors (Lipinski definition) is 1. The molecule has 0 aliphatic heterocycles. The van der Waals surface area contributed by atoms with Crippen molar-refractivity contribution in [2.75, 3.05) is 7.11 Å². The summed E-state index contributed by atoms with van der Waals surface area (Å²) in [4.78, 5) is 4.45. The fourth-order valence-electron chi connectivity index (χ4n) is 2.05. The molecule has 0 aliphatic carbocycles. The maximum Gasteiger partial charge on any atom is 0.242 e. The Morgan fingerprint density at radius 2 is 1.85 bits per heavy atom. The molecule has 0 atom stereocenters. The van der Waals surface area contributed by atoms with E-state index in [1.54, 1.807) is 7.11 Å². The van der Waals surface area contributed by atoms with Gasteiger partial charge in [0.05, 0.1) is 7.11 Å². The van der Waals surface area contributed by atoms with Crippen molar-refractivity contribution in [1.82, 2.24) is 9.38 Å². The molecule has 0 spiro atoms. The molecule has 1 aromatic carbocycles. The molecule has 0 saturated heterocycles. The highest BCUT2D eigenvalue weighted by atomic mass is 16.5. The fraction of sp³-hybridized carbons (Fsp3) is 0.133. The van der Waals surface area contributed by atoms with E-state index in [9.17, 15) is 0 Å². The van der Waals surface area contributed by atoms with Gasteiger partial charge in [-0.15, -0.1) is 0 Å². The third kappa shape index (κ3) is 2.19.